The van der Waals surface area contributed by atoms with Crippen molar-refractivity contribution in [1.82, 2.24) is 4.90 Å². The molecule has 0 saturated carbocycles. The lowest BCUT2D eigenvalue weighted by Crippen LogP contribution is -2.19. The van der Waals surface area contributed by atoms with Gasteiger partial charge in [-0.3, -0.25) is 4.57 Å². The molecule has 0 fully saturated rings. The monoisotopic (exact) mass is 343 g/mol. The minimum atomic E-state index is -3.41. The molecule has 0 aromatic carbocycles. The Labute approximate surface area is 133 Å². The van der Waals surface area contributed by atoms with Crippen LogP contribution in [0.25, 0.3) is 0 Å². The third-order valence-corrected chi connectivity index (χ3v) is 3.62. The highest BCUT2D eigenvalue weighted by Gasteiger charge is 2.18. The van der Waals surface area contributed by atoms with Crippen LogP contribution in [0.4, 0.5) is 0 Å². The first-order chi connectivity index (χ1) is 10.5. The largest absolute Gasteiger partial charge is 0.382 e. The summed E-state index contributed by atoms with van der Waals surface area (Å²) in [5.41, 5.74) is 0. The van der Waals surface area contributed by atoms with Gasteiger partial charge in [0.2, 0.25) is 7.37 Å². The van der Waals surface area contributed by atoms with Gasteiger partial charge in [0.05, 0.1) is 46.2 Å². The van der Waals surface area contributed by atoms with Gasteiger partial charge in [-0.1, -0.05) is 0 Å². The van der Waals surface area contributed by atoms with Gasteiger partial charge < -0.3 is 33.5 Å². The summed E-state index contributed by atoms with van der Waals surface area (Å²) in [4.78, 5) is 11.6. The molecule has 9 heteroatoms. The first-order valence-electron chi connectivity index (χ1n) is 7.23. The van der Waals surface area contributed by atoms with Crippen molar-refractivity contribution in [3.05, 3.63) is 0 Å². The Hall–Kier alpha value is -0.0500. The molecule has 1 unspecified atom stereocenters. The second-order valence-electron chi connectivity index (χ2n) is 4.94. The summed E-state index contributed by atoms with van der Waals surface area (Å²) in [6, 6.07) is 0. The molecule has 0 saturated heterocycles. The van der Waals surface area contributed by atoms with Gasteiger partial charge in [0.1, 0.15) is 12.7 Å². The van der Waals surface area contributed by atoms with E-state index >= 15 is 0 Å². The van der Waals surface area contributed by atoms with Crippen LogP contribution in [-0.2, 0) is 28.2 Å². The van der Waals surface area contributed by atoms with Crippen molar-refractivity contribution in [2.75, 3.05) is 86.7 Å². The van der Waals surface area contributed by atoms with Crippen LogP contribution in [-0.4, -0.2) is 96.5 Å². The smallest absolute Gasteiger partial charge is 0.250 e. The number of likely N-dealkylation sites (N-methyl/N-ethyl adjacent to an activating group) is 1. The Balaban J connectivity index is 3.40. The standard InChI is InChI=1S/C13H30NO7P/c1-14(2)4-5-18-8-10-20-12-22(15,16)13-21-11-9-19-7-6-17-3/h4-13H2,1-3H3,(H,15,16). The van der Waals surface area contributed by atoms with Crippen LogP contribution in [0.3, 0.4) is 0 Å². The van der Waals surface area contributed by atoms with E-state index in [9.17, 15) is 9.46 Å². The van der Waals surface area contributed by atoms with Crippen LogP contribution in [0, 0.1) is 0 Å². The molecule has 0 rings (SSSR count). The maximum absolute atomic E-state index is 11.7. The molecule has 134 valence electrons. The highest BCUT2D eigenvalue weighted by molar-refractivity contribution is 7.57. The zero-order valence-electron chi connectivity index (χ0n) is 13.9. The Morgan fingerprint density at radius 3 is 1.77 bits per heavy atom. The van der Waals surface area contributed by atoms with Crippen LogP contribution in [0.1, 0.15) is 0 Å². The molecular weight excluding hydrogens is 313 g/mol. The van der Waals surface area contributed by atoms with Gasteiger partial charge in [-0.15, -0.1) is 0 Å². The highest BCUT2D eigenvalue weighted by atomic mass is 31.2. The first-order valence-corrected chi connectivity index (χ1v) is 9.26. The van der Waals surface area contributed by atoms with Crippen LogP contribution in [0.5, 0.6) is 0 Å². The van der Waals surface area contributed by atoms with E-state index in [1.54, 1.807) is 7.11 Å². The zero-order valence-corrected chi connectivity index (χ0v) is 14.8. The van der Waals surface area contributed by atoms with E-state index in [2.05, 4.69) is 0 Å². The van der Waals surface area contributed by atoms with Gasteiger partial charge >= 0.3 is 0 Å². The van der Waals surface area contributed by atoms with E-state index in [4.69, 9.17) is 23.7 Å². The number of rotatable bonds is 16. The molecule has 1 N–H and O–H groups in total. The van der Waals surface area contributed by atoms with Crippen LogP contribution < -0.4 is 0 Å². The van der Waals surface area contributed by atoms with Crippen molar-refractivity contribution < 1.29 is 33.1 Å². The third-order valence-electron chi connectivity index (χ3n) is 2.44. The van der Waals surface area contributed by atoms with Gasteiger partial charge in [0.25, 0.3) is 0 Å². The third kappa shape index (κ3) is 16.3. The Bertz CT molecular complexity index is 292. The molecule has 8 nitrogen and oxygen atoms in total. The van der Waals surface area contributed by atoms with Gasteiger partial charge in [-0.05, 0) is 14.1 Å². The fourth-order valence-electron chi connectivity index (χ4n) is 1.28. The molecule has 0 aromatic heterocycles. The van der Waals surface area contributed by atoms with Crippen molar-refractivity contribution in [1.29, 1.82) is 0 Å². The Kier molecular flexibility index (Phi) is 14.5. The zero-order chi connectivity index (χ0) is 16.7. The average molecular weight is 343 g/mol. The molecule has 0 spiro atoms. The topological polar surface area (TPSA) is 86.7 Å². The van der Waals surface area contributed by atoms with Gasteiger partial charge in [-0.2, -0.15) is 0 Å². The fourth-order valence-corrected chi connectivity index (χ4v) is 2.18. The lowest BCUT2D eigenvalue weighted by Gasteiger charge is -2.13. The molecule has 0 aromatic rings. The van der Waals surface area contributed by atoms with Crippen molar-refractivity contribution >= 4 is 7.37 Å². The van der Waals surface area contributed by atoms with Crippen molar-refractivity contribution in [2.24, 2.45) is 0 Å². The molecular formula is C13H30NO7P. The maximum atomic E-state index is 11.7. The average Bonchev–Trinajstić information content (AvgIpc) is 2.45. The van der Waals surface area contributed by atoms with E-state index in [1.165, 1.54) is 0 Å². The van der Waals surface area contributed by atoms with Crippen LogP contribution in [0.2, 0.25) is 0 Å². The molecule has 0 heterocycles. The molecule has 0 aliphatic carbocycles. The quantitative estimate of drug-likeness (QED) is 0.319. The number of hydrogen-bond donors (Lipinski definition) is 1. The van der Waals surface area contributed by atoms with Gasteiger partial charge in [0.15, 0.2) is 0 Å². The SMILES string of the molecule is COCCOCCOCP(=O)(O)COCCOCCN(C)C. The first kappa shape index (κ1) is 21.9. The summed E-state index contributed by atoms with van der Waals surface area (Å²) in [5.74, 6) is 0. The van der Waals surface area contributed by atoms with E-state index in [0.717, 1.165) is 6.54 Å². The minimum Gasteiger partial charge on any atom is -0.382 e. The minimum absolute atomic E-state index is 0.228. The summed E-state index contributed by atoms with van der Waals surface area (Å²) >= 11 is 0. The number of hydrogen-bond acceptors (Lipinski definition) is 7. The lowest BCUT2D eigenvalue weighted by atomic mass is 10.6. The lowest BCUT2D eigenvalue weighted by molar-refractivity contribution is 0.0314. The van der Waals surface area contributed by atoms with Crippen molar-refractivity contribution in [3.8, 4) is 0 Å². The van der Waals surface area contributed by atoms with Gasteiger partial charge in [0, 0.05) is 13.7 Å². The van der Waals surface area contributed by atoms with E-state index < -0.39 is 7.37 Å². The molecule has 0 aliphatic heterocycles. The number of ether oxygens (including phenoxy) is 5. The van der Waals surface area contributed by atoms with Gasteiger partial charge in [-0.25, -0.2) is 0 Å². The number of nitrogens with zero attached hydrogens (tertiary/aromatic N) is 1. The predicted octanol–water partition coefficient (Wildman–Crippen LogP) is 0.446. The molecule has 0 bridgehead atoms. The van der Waals surface area contributed by atoms with Crippen molar-refractivity contribution in [3.63, 3.8) is 0 Å². The summed E-state index contributed by atoms with van der Waals surface area (Å²) in [5, 5.41) is 0. The second-order valence-corrected chi connectivity index (χ2v) is 7.15. The van der Waals surface area contributed by atoms with Crippen LogP contribution >= 0.6 is 7.37 Å². The predicted molar refractivity (Wildman–Crippen MR) is 83.5 cm³/mol. The van der Waals surface area contributed by atoms with E-state index in [0.29, 0.717) is 33.0 Å². The molecule has 0 amide bonds. The number of methoxy groups -OCH3 is 1. The Morgan fingerprint density at radius 2 is 1.27 bits per heavy atom. The van der Waals surface area contributed by atoms with E-state index in [-0.39, 0.29) is 25.9 Å². The highest BCUT2D eigenvalue weighted by Crippen LogP contribution is 2.39. The Morgan fingerprint density at radius 1 is 0.818 bits per heavy atom. The molecule has 22 heavy (non-hydrogen) atoms. The molecule has 1 atom stereocenters. The van der Waals surface area contributed by atoms with Crippen molar-refractivity contribution in [2.45, 2.75) is 0 Å². The molecule has 0 radical (unpaired) electrons. The summed E-state index contributed by atoms with van der Waals surface area (Å²) in [7, 11) is 2.10. The summed E-state index contributed by atoms with van der Waals surface area (Å²) in [6.45, 7) is 3.76. The maximum Gasteiger partial charge on any atom is 0.250 e. The van der Waals surface area contributed by atoms with E-state index in [1.807, 2.05) is 19.0 Å². The van der Waals surface area contributed by atoms with Crippen LogP contribution in [0.15, 0.2) is 0 Å². The fraction of sp³-hybridized carbons (Fsp3) is 1.00. The summed E-state index contributed by atoms with van der Waals surface area (Å²) < 4.78 is 37.3. The molecule has 0 aliphatic rings. The summed E-state index contributed by atoms with van der Waals surface area (Å²) in [6.07, 6.45) is -0.462. The second kappa shape index (κ2) is 14.5. The normalized spacial score (nSPS) is 14.4.